The highest BCUT2D eigenvalue weighted by Crippen LogP contribution is 2.39. The summed E-state index contributed by atoms with van der Waals surface area (Å²) in [5.41, 5.74) is 1.04. The Morgan fingerprint density at radius 1 is 1.29 bits per heavy atom. The molecule has 2 rings (SSSR count). The van der Waals surface area contributed by atoms with Crippen LogP contribution in [-0.2, 0) is 5.88 Å². The van der Waals surface area contributed by atoms with E-state index in [9.17, 15) is 9.90 Å². The molecule has 1 saturated carbocycles. The molecule has 1 aliphatic rings. The zero-order valence-electron chi connectivity index (χ0n) is 12.8. The van der Waals surface area contributed by atoms with E-state index in [2.05, 4.69) is 19.2 Å². The number of carbonyl (C=O) groups excluding carboxylic acids is 1. The molecule has 21 heavy (non-hydrogen) atoms. The van der Waals surface area contributed by atoms with Crippen molar-refractivity contribution in [2.45, 2.75) is 51.0 Å². The van der Waals surface area contributed by atoms with Crippen LogP contribution >= 0.6 is 11.6 Å². The van der Waals surface area contributed by atoms with E-state index in [1.54, 1.807) is 12.1 Å². The molecule has 4 heteroatoms. The maximum Gasteiger partial charge on any atom is 0.251 e. The molecular weight excluding hydrogens is 286 g/mol. The minimum atomic E-state index is -0.769. The Morgan fingerprint density at radius 2 is 1.95 bits per heavy atom. The lowest BCUT2D eigenvalue weighted by Crippen LogP contribution is -2.46. The smallest absolute Gasteiger partial charge is 0.251 e. The molecule has 3 nitrogen and oxygen atoms in total. The number of alkyl halides is 1. The van der Waals surface area contributed by atoms with E-state index in [0.717, 1.165) is 31.2 Å². The van der Waals surface area contributed by atoms with Gasteiger partial charge in [-0.3, -0.25) is 4.79 Å². The number of hydrogen-bond acceptors (Lipinski definition) is 2. The normalized spacial score (nSPS) is 20.0. The molecule has 1 aliphatic carbocycles. The van der Waals surface area contributed by atoms with Crippen LogP contribution in [0.4, 0.5) is 0 Å². The number of halogens is 1. The average Bonchev–Trinajstić information content (AvgIpc) is 2.48. The van der Waals surface area contributed by atoms with Crippen molar-refractivity contribution in [3.05, 3.63) is 35.4 Å². The van der Waals surface area contributed by atoms with Crippen LogP contribution in [0.3, 0.4) is 0 Å². The lowest BCUT2D eigenvalue weighted by molar-refractivity contribution is -0.0233. The SMILES string of the molecule is CC1(C)CCC(O)(CNC(=O)c2cccc(CCl)c2)CC1. The van der Waals surface area contributed by atoms with Crippen molar-refractivity contribution in [1.82, 2.24) is 5.32 Å². The molecule has 1 aromatic carbocycles. The summed E-state index contributed by atoms with van der Waals surface area (Å²) < 4.78 is 0. The zero-order chi connectivity index (χ0) is 15.5. The van der Waals surface area contributed by atoms with Crippen LogP contribution < -0.4 is 5.32 Å². The third-order valence-corrected chi connectivity index (χ3v) is 4.76. The molecule has 0 atom stereocenters. The molecule has 1 amide bonds. The molecule has 0 heterocycles. The number of nitrogens with one attached hydrogen (secondary N) is 1. The summed E-state index contributed by atoms with van der Waals surface area (Å²) in [6, 6.07) is 7.26. The first-order valence-corrected chi connectivity index (χ1v) is 8.03. The van der Waals surface area contributed by atoms with Crippen molar-refractivity contribution in [2.75, 3.05) is 6.54 Å². The van der Waals surface area contributed by atoms with E-state index in [1.807, 2.05) is 12.1 Å². The van der Waals surface area contributed by atoms with E-state index >= 15 is 0 Å². The van der Waals surface area contributed by atoms with Gasteiger partial charge in [0, 0.05) is 18.0 Å². The Balaban J connectivity index is 1.92. The van der Waals surface area contributed by atoms with Crippen molar-refractivity contribution >= 4 is 17.5 Å². The van der Waals surface area contributed by atoms with E-state index in [4.69, 9.17) is 11.6 Å². The molecule has 0 unspecified atom stereocenters. The van der Waals surface area contributed by atoms with Crippen molar-refractivity contribution in [3.8, 4) is 0 Å². The van der Waals surface area contributed by atoms with Crippen molar-refractivity contribution < 1.29 is 9.90 Å². The van der Waals surface area contributed by atoms with Gasteiger partial charge in [0.05, 0.1) is 5.60 Å². The Hall–Kier alpha value is -1.06. The summed E-state index contributed by atoms with van der Waals surface area (Å²) in [6.07, 6.45) is 3.45. The molecule has 0 radical (unpaired) electrons. The van der Waals surface area contributed by atoms with Gasteiger partial charge in [-0.2, -0.15) is 0 Å². The second kappa shape index (κ2) is 6.37. The quantitative estimate of drug-likeness (QED) is 0.837. The Labute approximate surface area is 131 Å². The summed E-state index contributed by atoms with van der Waals surface area (Å²) in [7, 11) is 0. The molecule has 0 spiro atoms. The first-order valence-electron chi connectivity index (χ1n) is 7.49. The molecular formula is C17H24ClNO2. The van der Waals surface area contributed by atoms with Crippen molar-refractivity contribution in [2.24, 2.45) is 5.41 Å². The predicted molar refractivity (Wildman–Crippen MR) is 85.5 cm³/mol. The second-order valence-corrected chi connectivity index (χ2v) is 7.17. The second-order valence-electron chi connectivity index (χ2n) is 6.91. The number of carbonyl (C=O) groups is 1. The van der Waals surface area contributed by atoms with E-state index in [-0.39, 0.29) is 5.91 Å². The fourth-order valence-electron chi connectivity index (χ4n) is 2.71. The highest BCUT2D eigenvalue weighted by Gasteiger charge is 2.36. The van der Waals surface area contributed by atoms with Crippen LogP contribution in [0.5, 0.6) is 0 Å². The van der Waals surface area contributed by atoms with Gasteiger partial charge >= 0.3 is 0 Å². The first kappa shape index (κ1) is 16.3. The highest BCUT2D eigenvalue weighted by molar-refractivity contribution is 6.17. The predicted octanol–water partition coefficient (Wildman–Crippen LogP) is 3.49. The van der Waals surface area contributed by atoms with Crippen LogP contribution in [0.1, 0.15) is 55.5 Å². The van der Waals surface area contributed by atoms with Gasteiger partial charge in [0.1, 0.15) is 0 Å². The van der Waals surface area contributed by atoms with Crippen LogP contribution in [0.25, 0.3) is 0 Å². The van der Waals surface area contributed by atoms with Gasteiger partial charge in [0.2, 0.25) is 0 Å². The molecule has 116 valence electrons. The Bertz CT molecular complexity index is 503. The van der Waals surface area contributed by atoms with Crippen molar-refractivity contribution in [1.29, 1.82) is 0 Å². The zero-order valence-corrected chi connectivity index (χ0v) is 13.5. The Morgan fingerprint density at radius 3 is 2.57 bits per heavy atom. The maximum absolute atomic E-state index is 12.2. The molecule has 1 aromatic rings. The van der Waals surface area contributed by atoms with Gasteiger partial charge in [-0.1, -0.05) is 26.0 Å². The molecule has 0 saturated heterocycles. The minimum Gasteiger partial charge on any atom is -0.388 e. The fourth-order valence-corrected chi connectivity index (χ4v) is 2.88. The van der Waals surface area contributed by atoms with Gasteiger partial charge in [0.15, 0.2) is 0 Å². The van der Waals surface area contributed by atoms with Gasteiger partial charge in [-0.15, -0.1) is 11.6 Å². The van der Waals surface area contributed by atoms with Crippen LogP contribution in [0, 0.1) is 5.41 Å². The number of benzene rings is 1. The minimum absolute atomic E-state index is 0.153. The van der Waals surface area contributed by atoms with Gasteiger partial charge in [-0.25, -0.2) is 0 Å². The van der Waals surface area contributed by atoms with Gasteiger partial charge in [-0.05, 0) is 48.8 Å². The summed E-state index contributed by atoms with van der Waals surface area (Å²) in [5.74, 6) is 0.236. The average molecular weight is 310 g/mol. The van der Waals surface area contributed by atoms with Crippen LogP contribution in [0.15, 0.2) is 24.3 Å². The van der Waals surface area contributed by atoms with Crippen molar-refractivity contribution in [3.63, 3.8) is 0 Å². The third kappa shape index (κ3) is 4.45. The molecule has 0 aliphatic heterocycles. The van der Waals surface area contributed by atoms with Gasteiger partial charge < -0.3 is 10.4 Å². The number of rotatable bonds is 4. The Kier molecular flexibility index (Phi) is 4.95. The maximum atomic E-state index is 12.2. The number of aliphatic hydroxyl groups is 1. The van der Waals surface area contributed by atoms with E-state index in [0.29, 0.717) is 23.4 Å². The van der Waals surface area contributed by atoms with Gasteiger partial charge in [0.25, 0.3) is 5.91 Å². The highest BCUT2D eigenvalue weighted by atomic mass is 35.5. The molecule has 0 bridgehead atoms. The monoisotopic (exact) mass is 309 g/mol. The largest absolute Gasteiger partial charge is 0.388 e. The van der Waals surface area contributed by atoms with E-state index in [1.165, 1.54) is 0 Å². The first-order chi connectivity index (χ1) is 9.84. The summed E-state index contributed by atoms with van der Waals surface area (Å²) in [5, 5.41) is 13.4. The molecule has 1 fully saturated rings. The fraction of sp³-hybridized carbons (Fsp3) is 0.588. The lowest BCUT2D eigenvalue weighted by atomic mass is 9.71. The van der Waals surface area contributed by atoms with E-state index < -0.39 is 5.60 Å². The lowest BCUT2D eigenvalue weighted by Gasteiger charge is -2.40. The third-order valence-electron chi connectivity index (χ3n) is 4.46. The molecule has 2 N–H and O–H groups in total. The topological polar surface area (TPSA) is 49.3 Å². The summed E-state index contributed by atoms with van der Waals surface area (Å²) in [6.45, 7) is 4.76. The van der Waals surface area contributed by atoms with Crippen LogP contribution in [-0.4, -0.2) is 23.2 Å². The number of hydrogen-bond donors (Lipinski definition) is 2. The van der Waals surface area contributed by atoms with Crippen LogP contribution in [0.2, 0.25) is 0 Å². The number of amides is 1. The standard InChI is InChI=1S/C17H24ClNO2/c1-16(2)6-8-17(21,9-7-16)12-19-15(20)14-5-3-4-13(10-14)11-18/h3-5,10,21H,6-9,11-12H2,1-2H3,(H,19,20). The molecule has 0 aromatic heterocycles. The summed E-state index contributed by atoms with van der Waals surface area (Å²) in [4.78, 5) is 12.2. The summed E-state index contributed by atoms with van der Waals surface area (Å²) >= 11 is 5.78.